The minimum Gasteiger partial charge on any atom is -0.468 e. The highest BCUT2D eigenvalue weighted by molar-refractivity contribution is 6.30. The molecule has 2 rings (SSSR count). The Balaban J connectivity index is 1.75. The van der Waals surface area contributed by atoms with Crippen molar-refractivity contribution in [2.45, 2.75) is 31.8 Å². The molecule has 4 nitrogen and oxygen atoms in total. The second-order valence-electron chi connectivity index (χ2n) is 5.71. The van der Waals surface area contributed by atoms with Gasteiger partial charge in [0, 0.05) is 11.6 Å². The molecule has 0 radical (unpaired) electrons. The number of rotatable bonds is 5. The maximum Gasteiger partial charge on any atom is 0.322 e. The molecular formula is C16H23ClN2O2. The Morgan fingerprint density at radius 3 is 2.57 bits per heavy atom. The van der Waals surface area contributed by atoms with Crippen molar-refractivity contribution in [3.05, 3.63) is 34.9 Å². The van der Waals surface area contributed by atoms with E-state index in [-0.39, 0.29) is 5.97 Å². The molecule has 0 aromatic heterocycles. The second kappa shape index (κ2) is 7.78. The van der Waals surface area contributed by atoms with Gasteiger partial charge in [0.1, 0.15) is 6.04 Å². The van der Waals surface area contributed by atoms with E-state index in [1.165, 1.54) is 12.7 Å². The molecule has 0 amide bonds. The highest BCUT2D eigenvalue weighted by Gasteiger charge is 2.24. The summed E-state index contributed by atoms with van der Waals surface area (Å²) in [5.41, 5.74) is 7.11. The van der Waals surface area contributed by atoms with Gasteiger partial charge in [-0.25, -0.2) is 0 Å². The normalized spacial score (nSPS) is 18.4. The smallest absolute Gasteiger partial charge is 0.322 e. The zero-order valence-electron chi connectivity index (χ0n) is 12.4. The fourth-order valence-electron chi connectivity index (χ4n) is 2.83. The summed E-state index contributed by atoms with van der Waals surface area (Å²) >= 11 is 5.90. The van der Waals surface area contributed by atoms with E-state index >= 15 is 0 Å². The molecule has 1 aliphatic rings. The molecule has 1 fully saturated rings. The van der Waals surface area contributed by atoms with Gasteiger partial charge in [-0.3, -0.25) is 9.69 Å². The van der Waals surface area contributed by atoms with E-state index in [1.807, 2.05) is 12.1 Å². The van der Waals surface area contributed by atoms with Crippen LogP contribution in [0.15, 0.2) is 24.3 Å². The molecule has 1 heterocycles. The summed E-state index contributed by atoms with van der Waals surface area (Å²) in [6, 6.07) is 7.52. The first-order valence-electron chi connectivity index (χ1n) is 7.38. The van der Waals surface area contributed by atoms with Crippen molar-refractivity contribution in [1.29, 1.82) is 0 Å². The molecule has 1 aromatic rings. The van der Waals surface area contributed by atoms with Gasteiger partial charge in [-0.2, -0.15) is 0 Å². The summed E-state index contributed by atoms with van der Waals surface area (Å²) in [5, 5.41) is 0.772. The van der Waals surface area contributed by atoms with Crippen molar-refractivity contribution in [2.24, 2.45) is 11.7 Å². The number of nitrogens with zero attached hydrogens (tertiary/aromatic N) is 1. The Labute approximate surface area is 131 Å². The van der Waals surface area contributed by atoms with Gasteiger partial charge in [0.05, 0.1) is 7.11 Å². The lowest BCUT2D eigenvalue weighted by atomic mass is 9.90. The van der Waals surface area contributed by atoms with Crippen molar-refractivity contribution in [2.75, 3.05) is 20.2 Å². The zero-order chi connectivity index (χ0) is 15.2. The highest BCUT2D eigenvalue weighted by Crippen LogP contribution is 2.23. The minimum atomic E-state index is -0.484. The first-order chi connectivity index (χ1) is 10.1. The van der Waals surface area contributed by atoms with Gasteiger partial charge >= 0.3 is 5.97 Å². The Bertz CT molecular complexity index is 456. The van der Waals surface area contributed by atoms with E-state index in [2.05, 4.69) is 21.8 Å². The van der Waals surface area contributed by atoms with Gasteiger partial charge in [-0.15, -0.1) is 0 Å². The molecule has 116 valence electrons. The second-order valence-corrected chi connectivity index (χ2v) is 6.15. The number of piperidine rings is 1. The van der Waals surface area contributed by atoms with Gasteiger partial charge in [-0.05, 0) is 56.0 Å². The lowest BCUT2D eigenvalue weighted by molar-refractivity contribution is -0.142. The predicted octanol–water partition coefficient (Wildman–Crippen LogP) is 2.44. The van der Waals surface area contributed by atoms with Gasteiger partial charge < -0.3 is 10.5 Å². The third-order valence-corrected chi connectivity index (χ3v) is 4.37. The third-order valence-electron chi connectivity index (χ3n) is 4.12. The molecule has 0 bridgehead atoms. The molecular weight excluding hydrogens is 288 g/mol. The fourth-order valence-corrected chi connectivity index (χ4v) is 2.96. The summed E-state index contributed by atoms with van der Waals surface area (Å²) in [6.45, 7) is 3.04. The van der Waals surface area contributed by atoms with Crippen molar-refractivity contribution in [3.63, 3.8) is 0 Å². The fraction of sp³-hybridized carbons (Fsp3) is 0.562. The van der Waals surface area contributed by atoms with E-state index in [1.54, 1.807) is 0 Å². The number of halogens is 1. The Morgan fingerprint density at radius 1 is 1.38 bits per heavy atom. The first kappa shape index (κ1) is 16.3. The van der Waals surface area contributed by atoms with Gasteiger partial charge in [0.15, 0.2) is 0 Å². The van der Waals surface area contributed by atoms with Crippen molar-refractivity contribution < 1.29 is 9.53 Å². The molecule has 0 spiro atoms. The number of benzene rings is 1. The quantitative estimate of drug-likeness (QED) is 0.849. The average Bonchev–Trinajstić information content (AvgIpc) is 2.50. The number of methoxy groups -OCH3 is 1. The topological polar surface area (TPSA) is 55.6 Å². The summed E-state index contributed by atoms with van der Waals surface area (Å²) in [6.07, 6.45) is 2.89. The van der Waals surface area contributed by atoms with Gasteiger partial charge in [0.2, 0.25) is 0 Å². The van der Waals surface area contributed by atoms with Crippen LogP contribution in [0.1, 0.15) is 24.8 Å². The Hall–Kier alpha value is -1.10. The van der Waals surface area contributed by atoms with E-state index < -0.39 is 6.04 Å². The predicted molar refractivity (Wildman–Crippen MR) is 84.1 cm³/mol. The number of hydrogen-bond acceptors (Lipinski definition) is 4. The van der Waals surface area contributed by atoms with Gasteiger partial charge in [0.25, 0.3) is 0 Å². The molecule has 21 heavy (non-hydrogen) atoms. The van der Waals surface area contributed by atoms with Crippen LogP contribution in [0, 0.1) is 5.92 Å². The summed E-state index contributed by atoms with van der Waals surface area (Å²) in [5.74, 6) is 0.208. The standard InChI is InChI=1S/C16H23ClN2O2/c1-21-16(20)15(18)10-12-6-8-19(9-7-12)11-13-2-4-14(17)5-3-13/h2-5,12,15H,6-11,18H2,1H3. The lowest BCUT2D eigenvalue weighted by Gasteiger charge is -2.32. The van der Waals surface area contributed by atoms with Crippen LogP contribution in [0.4, 0.5) is 0 Å². The number of carbonyl (C=O) groups excluding carboxylic acids is 1. The van der Waals surface area contributed by atoms with Crippen LogP contribution in [0.2, 0.25) is 5.02 Å². The van der Waals surface area contributed by atoms with E-state index in [4.69, 9.17) is 17.3 Å². The van der Waals surface area contributed by atoms with Crippen LogP contribution in [0.5, 0.6) is 0 Å². The maximum atomic E-state index is 11.4. The summed E-state index contributed by atoms with van der Waals surface area (Å²) < 4.78 is 4.68. The van der Waals surface area contributed by atoms with E-state index in [9.17, 15) is 4.79 Å². The van der Waals surface area contributed by atoms with Crippen molar-refractivity contribution in [3.8, 4) is 0 Å². The molecule has 1 saturated heterocycles. The van der Waals surface area contributed by atoms with Crippen LogP contribution in [0.3, 0.4) is 0 Å². The molecule has 5 heteroatoms. The Morgan fingerprint density at radius 2 is 2.00 bits per heavy atom. The zero-order valence-corrected chi connectivity index (χ0v) is 13.2. The molecule has 0 aliphatic carbocycles. The molecule has 1 aromatic carbocycles. The molecule has 1 aliphatic heterocycles. The molecule has 2 N–H and O–H groups in total. The number of likely N-dealkylation sites (tertiary alicyclic amines) is 1. The monoisotopic (exact) mass is 310 g/mol. The van der Waals surface area contributed by atoms with E-state index in [0.29, 0.717) is 5.92 Å². The van der Waals surface area contributed by atoms with Crippen molar-refractivity contribution in [1.82, 2.24) is 4.90 Å². The molecule has 1 unspecified atom stereocenters. The Kier molecular flexibility index (Phi) is 6.03. The lowest BCUT2D eigenvalue weighted by Crippen LogP contribution is -2.38. The number of carbonyl (C=O) groups is 1. The van der Waals surface area contributed by atoms with E-state index in [0.717, 1.165) is 43.9 Å². The van der Waals surface area contributed by atoms with Gasteiger partial charge in [-0.1, -0.05) is 23.7 Å². The van der Waals surface area contributed by atoms with Crippen LogP contribution in [-0.4, -0.2) is 37.1 Å². The van der Waals surface area contributed by atoms with Crippen LogP contribution < -0.4 is 5.73 Å². The van der Waals surface area contributed by atoms with Crippen molar-refractivity contribution >= 4 is 17.6 Å². The number of esters is 1. The average molecular weight is 311 g/mol. The molecule has 0 saturated carbocycles. The number of hydrogen-bond donors (Lipinski definition) is 1. The molecule has 1 atom stereocenters. The van der Waals surface area contributed by atoms with Crippen LogP contribution >= 0.6 is 11.6 Å². The third kappa shape index (κ3) is 4.99. The number of ether oxygens (including phenoxy) is 1. The van der Waals surface area contributed by atoms with Crippen LogP contribution in [0.25, 0.3) is 0 Å². The summed E-state index contributed by atoms with van der Waals surface area (Å²) in [4.78, 5) is 13.8. The van der Waals surface area contributed by atoms with Crippen LogP contribution in [-0.2, 0) is 16.1 Å². The highest BCUT2D eigenvalue weighted by atomic mass is 35.5. The maximum absolute atomic E-state index is 11.4. The first-order valence-corrected chi connectivity index (χ1v) is 7.76. The summed E-state index contributed by atoms with van der Waals surface area (Å²) in [7, 11) is 1.39. The number of nitrogens with two attached hydrogens (primary N) is 1. The largest absolute Gasteiger partial charge is 0.468 e. The SMILES string of the molecule is COC(=O)C(N)CC1CCN(Cc2ccc(Cl)cc2)CC1. The minimum absolute atomic E-state index is 0.307.